The van der Waals surface area contributed by atoms with Crippen LogP contribution in [-0.2, 0) is 14.6 Å². The number of likely N-dealkylation sites (tertiary alicyclic amines) is 1. The van der Waals surface area contributed by atoms with Crippen molar-refractivity contribution >= 4 is 21.7 Å². The Morgan fingerprint density at radius 2 is 1.97 bits per heavy atom. The maximum Gasteiger partial charge on any atom is 0.254 e. The third kappa shape index (κ3) is 5.43. The summed E-state index contributed by atoms with van der Waals surface area (Å²) in [5.74, 6) is -0.878. The number of aromatic nitrogens is 2. The van der Waals surface area contributed by atoms with Gasteiger partial charge in [0.1, 0.15) is 11.6 Å². The first-order chi connectivity index (χ1) is 14.7. The highest BCUT2D eigenvalue weighted by molar-refractivity contribution is 7.91. The largest absolute Gasteiger partial charge is 0.355 e. The second-order valence-corrected chi connectivity index (χ2v) is 9.62. The van der Waals surface area contributed by atoms with Gasteiger partial charge in [-0.3, -0.25) is 9.59 Å². The molecule has 1 N–H and O–H groups in total. The van der Waals surface area contributed by atoms with Crippen LogP contribution in [0, 0.1) is 12.7 Å². The minimum Gasteiger partial charge on any atom is -0.355 e. The van der Waals surface area contributed by atoms with E-state index in [-0.39, 0.29) is 34.8 Å². The molecule has 1 saturated heterocycles. The number of rotatable bonds is 6. The maximum atomic E-state index is 13.0. The number of sulfone groups is 1. The van der Waals surface area contributed by atoms with E-state index < -0.39 is 15.7 Å². The van der Waals surface area contributed by atoms with Crippen molar-refractivity contribution in [3.8, 4) is 0 Å². The lowest BCUT2D eigenvalue weighted by molar-refractivity contribution is -0.132. The van der Waals surface area contributed by atoms with E-state index in [0.29, 0.717) is 30.2 Å². The number of nitrogens with zero attached hydrogens (tertiary/aromatic N) is 3. The van der Waals surface area contributed by atoms with Gasteiger partial charge in [0.05, 0.1) is 21.9 Å². The molecular formula is C21H25FN4O4S. The van der Waals surface area contributed by atoms with E-state index in [1.54, 1.807) is 11.8 Å². The van der Waals surface area contributed by atoms with Crippen LogP contribution in [0.5, 0.6) is 0 Å². The van der Waals surface area contributed by atoms with E-state index in [0.717, 1.165) is 25.0 Å². The topological polar surface area (TPSA) is 109 Å². The van der Waals surface area contributed by atoms with Crippen LogP contribution in [0.15, 0.2) is 35.4 Å². The van der Waals surface area contributed by atoms with Crippen molar-refractivity contribution in [3.63, 3.8) is 0 Å². The van der Waals surface area contributed by atoms with Gasteiger partial charge in [-0.25, -0.2) is 22.8 Å². The van der Waals surface area contributed by atoms with Gasteiger partial charge in [-0.1, -0.05) is 0 Å². The molecule has 1 fully saturated rings. The molecule has 0 aliphatic carbocycles. The average Bonchev–Trinajstić information content (AvgIpc) is 2.77. The lowest BCUT2D eigenvalue weighted by Gasteiger charge is -2.32. The first-order valence-electron chi connectivity index (χ1n) is 10.0. The van der Waals surface area contributed by atoms with Crippen molar-refractivity contribution in [2.75, 3.05) is 25.9 Å². The number of hydrogen-bond acceptors (Lipinski definition) is 6. The second kappa shape index (κ2) is 9.51. The molecule has 1 aromatic heterocycles. The molecule has 8 nitrogen and oxygen atoms in total. The number of halogens is 1. The van der Waals surface area contributed by atoms with Crippen molar-refractivity contribution in [1.82, 2.24) is 20.2 Å². The van der Waals surface area contributed by atoms with Gasteiger partial charge in [0, 0.05) is 38.7 Å². The van der Waals surface area contributed by atoms with Crippen molar-refractivity contribution < 1.29 is 22.4 Å². The molecule has 2 aromatic rings. The van der Waals surface area contributed by atoms with E-state index in [9.17, 15) is 22.4 Å². The molecule has 2 heterocycles. The zero-order valence-corrected chi connectivity index (χ0v) is 18.3. The predicted molar refractivity (Wildman–Crippen MR) is 112 cm³/mol. The van der Waals surface area contributed by atoms with Crippen molar-refractivity contribution in [2.45, 2.75) is 37.0 Å². The van der Waals surface area contributed by atoms with Crippen molar-refractivity contribution in [1.29, 1.82) is 0 Å². The molecule has 0 saturated carbocycles. The van der Waals surface area contributed by atoms with Crippen LogP contribution >= 0.6 is 0 Å². The number of piperidine rings is 1. The monoisotopic (exact) mass is 448 g/mol. The van der Waals surface area contributed by atoms with E-state index in [1.807, 2.05) is 0 Å². The van der Waals surface area contributed by atoms with Crippen LogP contribution in [-0.4, -0.2) is 61.0 Å². The zero-order chi connectivity index (χ0) is 22.6. The van der Waals surface area contributed by atoms with Crippen molar-refractivity contribution in [2.24, 2.45) is 0 Å². The van der Waals surface area contributed by atoms with Gasteiger partial charge in [0.25, 0.3) is 5.91 Å². The van der Waals surface area contributed by atoms with Crippen LogP contribution in [0.1, 0.15) is 47.1 Å². The Balaban J connectivity index is 1.63. The zero-order valence-electron chi connectivity index (χ0n) is 17.5. The van der Waals surface area contributed by atoms with Crippen LogP contribution in [0.25, 0.3) is 0 Å². The number of amides is 2. The van der Waals surface area contributed by atoms with Gasteiger partial charge in [-0.2, -0.15) is 0 Å². The number of benzene rings is 1. The summed E-state index contributed by atoms with van der Waals surface area (Å²) >= 11 is 0. The predicted octanol–water partition coefficient (Wildman–Crippen LogP) is 1.85. The number of carbonyl (C=O) groups is 2. The fraction of sp³-hybridized carbons (Fsp3) is 0.429. The summed E-state index contributed by atoms with van der Waals surface area (Å²) in [4.78, 5) is 34.9. The second-order valence-electron chi connectivity index (χ2n) is 7.51. The van der Waals surface area contributed by atoms with E-state index >= 15 is 0 Å². The Morgan fingerprint density at radius 1 is 1.26 bits per heavy atom. The van der Waals surface area contributed by atoms with E-state index in [2.05, 4.69) is 15.3 Å². The maximum absolute atomic E-state index is 13.0. The fourth-order valence-electron chi connectivity index (χ4n) is 3.59. The molecule has 31 heavy (non-hydrogen) atoms. The Bertz CT molecular complexity index is 1070. The number of nitrogens with one attached hydrogen (secondary N) is 1. The lowest BCUT2D eigenvalue weighted by Crippen LogP contribution is -2.40. The Labute approximate surface area is 180 Å². The first-order valence-corrected chi connectivity index (χ1v) is 11.7. The lowest BCUT2D eigenvalue weighted by atomic mass is 9.96. The Kier molecular flexibility index (Phi) is 6.99. The van der Waals surface area contributed by atoms with Gasteiger partial charge in [0.2, 0.25) is 5.91 Å². The molecule has 0 spiro atoms. The minimum atomic E-state index is -3.67. The SMILES string of the molecule is CNC(=O)c1cnc([C@@H]2CCCN(C(=O)CCS(=O)(=O)c3ccc(F)cc3)C2)nc1C. The third-order valence-electron chi connectivity index (χ3n) is 5.37. The quantitative estimate of drug-likeness (QED) is 0.676. The van der Waals surface area contributed by atoms with E-state index in [4.69, 9.17) is 0 Å². The Hall–Kier alpha value is -2.88. The van der Waals surface area contributed by atoms with Gasteiger partial charge >= 0.3 is 0 Å². The minimum absolute atomic E-state index is 0.00157. The molecule has 166 valence electrons. The van der Waals surface area contributed by atoms with Crippen LogP contribution in [0.2, 0.25) is 0 Å². The fourth-order valence-corrected chi connectivity index (χ4v) is 4.82. The summed E-state index contributed by atoms with van der Waals surface area (Å²) in [5, 5.41) is 2.54. The highest BCUT2D eigenvalue weighted by atomic mass is 32.2. The summed E-state index contributed by atoms with van der Waals surface area (Å²) < 4.78 is 37.9. The molecule has 1 aromatic carbocycles. The standard InChI is InChI=1S/C21H25FN4O4S/c1-14-18(21(28)23-2)12-24-20(25-14)15-4-3-10-26(13-15)19(27)9-11-31(29,30)17-7-5-16(22)6-8-17/h5-8,12,15H,3-4,9-11,13H2,1-2H3,(H,23,28)/t15-/m1/s1. The summed E-state index contributed by atoms with van der Waals surface area (Å²) in [6, 6.07) is 4.57. The number of aryl methyl sites for hydroxylation is 1. The van der Waals surface area contributed by atoms with Gasteiger partial charge < -0.3 is 10.2 Å². The number of carbonyl (C=O) groups excluding carboxylic acids is 2. The average molecular weight is 449 g/mol. The highest BCUT2D eigenvalue weighted by Crippen LogP contribution is 2.25. The number of hydrogen-bond donors (Lipinski definition) is 1. The molecule has 0 unspecified atom stereocenters. The molecule has 0 radical (unpaired) electrons. The molecule has 1 aliphatic heterocycles. The summed E-state index contributed by atoms with van der Waals surface area (Å²) in [6.45, 7) is 2.68. The Morgan fingerprint density at radius 3 is 2.61 bits per heavy atom. The van der Waals surface area contributed by atoms with Gasteiger partial charge in [0.15, 0.2) is 9.84 Å². The van der Waals surface area contributed by atoms with E-state index in [1.165, 1.54) is 25.4 Å². The summed E-state index contributed by atoms with van der Waals surface area (Å²) in [6.07, 6.45) is 2.89. The van der Waals surface area contributed by atoms with Crippen LogP contribution < -0.4 is 5.32 Å². The molecule has 1 atom stereocenters. The molecule has 10 heteroatoms. The molecule has 2 amide bonds. The highest BCUT2D eigenvalue weighted by Gasteiger charge is 2.28. The first kappa shape index (κ1) is 22.8. The molecule has 3 rings (SSSR count). The van der Waals surface area contributed by atoms with Crippen molar-refractivity contribution in [3.05, 3.63) is 53.4 Å². The van der Waals surface area contributed by atoms with Gasteiger partial charge in [-0.05, 0) is 44.0 Å². The normalized spacial score (nSPS) is 16.7. The summed E-state index contributed by atoms with van der Waals surface area (Å²) in [7, 11) is -2.14. The van der Waals surface area contributed by atoms with Crippen LogP contribution in [0.4, 0.5) is 4.39 Å². The van der Waals surface area contributed by atoms with Crippen LogP contribution in [0.3, 0.4) is 0 Å². The van der Waals surface area contributed by atoms with Gasteiger partial charge in [-0.15, -0.1) is 0 Å². The molecule has 0 bridgehead atoms. The molecular weight excluding hydrogens is 423 g/mol. The summed E-state index contributed by atoms with van der Waals surface area (Å²) in [5.41, 5.74) is 0.971. The smallest absolute Gasteiger partial charge is 0.254 e. The molecule has 1 aliphatic rings. The third-order valence-corrected chi connectivity index (χ3v) is 7.10.